The van der Waals surface area contributed by atoms with Crippen LogP contribution in [0.3, 0.4) is 0 Å². The summed E-state index contributed by atoms with van der Waals surface area (Å²) in [5.74, 6) is -1.67. The Morgan fingerprint density at radius 1 is 1.13 bits per heavy atom. The fourth-order valence-electron chi connectivity index (χ4n) is 4.35. The van der Waals surface area contributed by atoms with Gasteiger partial charge in [0.15, 0.2) is 16.9 Å². The van der Waals surface area contributed by atoms with Crippen molar-refractivity contribution in [2.75, 3.05) is 5.32 Å². The van der Waals surface area contributed by atoms with Crippen molar-refractivity contribution in [1.29, 1.82) is 0 Å². The summed E-state index contributed by atoms with van der Waals surface area (Å²) < 4.78 is 56.3. The van der Waals surface area contributed by atoms with Gasteiger partial charge in [-0.3, -0.25) is 4.79 Å². The third-order valence-electron chi connectivity index (χ3n) is 6.62. The largest absolute Gasteiger partial charge is 0.334 e. The number of anilines is 1. The Kier molecular flexibility index (Phi) is 7.13. The minimum Gasteiger partial charge on any atom is -0.334 e. The number of rotatable bonds is 8. The Morgan fingerprint density at radius 3 is 2.34 bits per heavy atom. The molecule has 0 bridgehead atoms. The summed E-state index contributed by atoms with van der Waals surface area (Å²) in [4.78, 5) is 16.9. The number of carbonyl (C=O) groups excluding carboxylic acids is 1. The highest BCUT2D eigenvalue weighted by atomic mass is 35.5. The summed E-state index contributed by atoms with van der Waals surface area (Å²) in [5, 5.41) is 6.51. The van der Waals surface area contributed by atoms with Gasteiger partial charge in [-0.15, -0.1) is 0 Å². The second-order valence-electron chi connectivity index (χ2n) is 9.21. The van der Waals surface area contributed by atoms with E-state index in [9.17, 15) is 13.6 Å². The van der Waals surface area contributed by atoms with E-state index < -0.39 is 39.3 Å². The van der Waals surface area contributed by atoms with Crippen molar-refractivity contribution in [3.8, 4) is 11.5 Å². The molecule has 196 valence electrons. The maximum absolute atomic E-state index is 15.2. The number of amides is 1. The fourth-order valence-corrected chi connectivity index (χ4v) is 4.87. The standard InChI is InChI=1S/C27H22ClF2N3O4S/c1-15(38(35)36)17-4-2-16(3-5-17)12-23(34)31-20-13-21(29)24(22(30)14-20)27(10-11-27)26-32-25(37-33-26)18-6-8-19(28)9-7-18/h2-9,13-15H,10-12H2,1H3,(H,31,34)(H,35,36). The van der Waals surface area contributed by atoms with Crippen LogP contribution in [-0.2, 0) is 27.7 Å². The van der Waals surface area contributed by atoms with Crippen LogP contribution in [0.25, 0.3) is 11.5 Å². The molecule has 4 aromatic rings. The molecule has 38 heavy (non-hydrogen) atoms. The molecule has 1 heterocycles. The van der Waals surface area contributed by atoms with Gasteiger partial charge >= 0.3 is 0 Å². The normalized spacial score (nSPS) is 15.6. The molecule has 11 heteroatoms. The van der Waals surface area contributed by atoms with Gasteiger partial charge in [-0.2, -0.15) is 4.98 Å². The van der Waals surface area contributed by atoms with E-state index in [2.05, 4.69) is 15.5 Å². The molecule has 2 unspecified atom stereocenters. The highest BCUT2D eigenvalue weighted by molar-refractivity contribution is 7.79. The van der Waals surface area contributed by atoms with Crippen molar-refractivity contribution < 1.29 is 26.9 Å². The maximum atomic E-state index is 15.2. The summed E-state index contributed by atoms with van der Waals surface area (Å²) in [5.41, 5.74) is 0.721. The van der Waals surface area contributed by atoms with E-state index in [1.54, 1.807) is 55.5 Å². The number of halogens is 3. The first-order valence-corrected chi connectivity index (χ1v) is 13.3. The van der Waals surface area contributed by atoms with Gasteiger partial charge in [0.1, 0.15) is 11.6 Å². The van der Waals surface area contributed by atoms with Crippen molar-refractivity contribution in [3.63, 3.8) is 0 Å². The maximum Gasteiger partial charge on any atom is 0.257 e. The molecule has 7 nitrogen and oxygen atoms in total. The SMILES string of the molecule is CC(c1ccc(CC(=O)Nc2cc(F)c(C3(c4noc(-c5ccc(Cl)cc5)n4)CC3)c(F)c2)cc1)S(=O)O. The average molecular weight is 558 g/mol. The van der Waals surface area contributed by atoms with Crippen LogP contribution in [0, 0.1) is 11.6 Å². The first-order valence-electron chi connectivity index (χ1n) is 11.7. The van der Waals surface area contributed by atoms with Crippen LogP contribution in [0.15, 0.2) is 65.2 Å². The van der Waals surface area contributed by atoms with E-state index in [1.165, 1.54) is 0 Å². The Balaban J connectivity index is 1.31. The molecule has 3 aromatic carbocycles. The second-order valence-corrected chi connectivity index (χ2v) is 10.9. The van der Waals surface area contributed by atoms with Crippen LogP contribution >= 0.6 is 11.6 Å². The van der Waals surface area contributed by atoms with Crippen LogP contribution in [0.2, 0.25) is 5.02 Å². The topological polar surface area (TPSA) is 105 Å². The summed E-state index contributed by atoms with van der Waals surface area (Å²) in [6.45, 7) is 1.62. The zero-order valence-electron chi connectivity index (χ0n) is 20.1. The second kappa shape index (κ2) is 10.4. The van der Waals surface area contributed by atoms with Gasteiger partial charge in [0.2, 0.25) is 5.91 Å². The molecular formula is C27H22ClF2N3O4S. The van der Waals surface area contributed by atoms with Crippen LogP contribution in [0.1, 0.15) is 47.5 Å². The lowest BCUT2D eigenvalue weighted by Crippen LogP contribution is -2.18. The summed E-state index contributed by atoms with van der Waals surface area (Å²) >= 11 is 3.92. The van der Waals surface area contributed by atoms with Crippen LogP contribution in [0.4, 0.5) is 14.5 Å². The van der Waals surface area contributed by atoms with Gasteiger partial charge in [-0.1, -0.05) is 41.0 Å². The van der Waals surface area contributed by atoms with Crippen LogP contribution in [0.5, 0.6) is 0 Å². The molecule has 2 N–H and O–H groups in total. The third kappa shape index (κ3) is 5.24. The first kappa shape index (κ1) is 26.1. The Bertz CT molecular complexity index is 1500. The lowest BCUT2D eigenvalue weighted by atomic mass is 9.93. The summed E-state index contributed by atoms with van der Waals surface area (Å²) in [6, 6.07) is 15.6. The van der Waals surface area contributed by atoms with Crippen molar-refractivity contribution in [2.24, 2.45) is 0 Å². The third-order valence-corrected chi connectivity index (χ3v) is 7.74. The molecule has 1 aliphatic carbocycles. The molecule has 1 saturated carbocycles. The molecule has 1 aromatic heterocycles. The van der Waals surface area contributed by atoms with Crippen molar-refractivity contribution in [3.05, 3.63) is 99.8 Å². The van der Waals surface area contributed by atoms with E-state index in [0.717, 1.165) is 12.1 Å². The molecule has 0 radical (unpaired) electrons. The van der Waals surface area contributed by atoms with E-state index in [-0.39, 0.29) is 29.4 Å². The zero-order valence-corrected chi connectivity index (χ0v) is 21.7. The van der Waals surface area contributed by atoms with Gasteiger partial charge in [-0.05, 0) is 67.3 Å². The lowest BCUT2D eigenvalue weighted by molar-refractivity contribution is -0.115. The summed E-state index contributed by atoms with van der Waals surface area (Å²) in [6.07, 6.45) is 0.859. The zero-order chi connectivity index (χ0) is 27.0. The number of aromatic nitrogens is 2. The molecule has 1 aliphatic rings. The van der Waals surface area contributed by atoms with E-state index in [1.807, 2.05) is 0 Å². The Morgan fingerprint density at radius 2 is 1.76 bits per heavy atom. The van der Waals surface area contributed by atoms with Gasteiger partial charge in [0, 0.05) is 21.8 Å². The highest BCUT2D eigenvalue weighted by Gasteiger charge is 2.53. The van der Waals surface area contributed by atoms with Gasteiger partial charge in [0.25, 0.3) is 5.89 Å². The lowest BCUT2D eigenvalue weighted by Gasteiger charge is -2.15. The van der Waals surface area contributed by atoms with Gasteiger partial charge in [0.05, 0.1) is 17.1 Å². The minimum absolute atomic E-state index is 0.0135. The smallest absolute Gasteiger partial charge is 0.257 e. The molecule has 0 spiro atoms. The molecular weight excluding hydrogens is 536 g/mol. The Hall–Kier alpha value is -3.47. The highest BCUT2D eigenvalue weighted by Crippen LogP contribution is 2.54. The quantitative estimate of drug-likeness (QED) is 0.249. The average Bonchev–Trinajstić information content (AvgIpc) is 3.50. The number of hydrogen-bond acceptors (Lipinski definition) is 5. The van der Waals surface area contributed by atoms with E-state index in [4.69, 9.17) is 16.1 Å². The molecule has 1 fully saturated rings. The molecule has 2 atom stereocenters. The summed E-state index contributed by atoms with van der Waals surface area (Å²) in [7, 11) is 0. The van der Waals surface area contributed by atoms with Crippen LogP contribution < -0.4 is 5.32 Å². The Labute approximate surface area is 224 Å². The fraction of sp³-hybridized carbons (Fsp3) is 0.222. The van der Waals surface area contributed by atoms with E-state index >= 15 is 8.78 Å². The van der Waals surface area contributed by atoms with Crippen molar-refractivity contribution >= 4 is 34.3 Å². The molecule has 1 amide bonds. The van der Waals surface area contributed by atoms with Gasteiger partial charge in [-0.25, -0.2) is 13.0 Å². The monoisotopic (exact) mass is 557 g/mol. The number of hydrogen-bond donors (Lipinski definition) is 2. The van der Waals surface area contributed by atoms with Crippen molar-refractivity contribution in [2.45, 2.75) is 36.9 Å². The number of carbonyl (C=O) groups is 1. The van der Waals surface area contributed by atoms with Gasteiger partial charge < -0.3 is 14.4 Å². The number of nitrogens with zero attached hydrogens (tertiary/aromatic N) is 2. The predicted octanol–water partition coefficient (Wildman–Crippen LogP) is 6.21. The molecule has 0 saturated heterocycles. The first-order chi connectivity index (χ1) is 18.2. The molecule has 0 aliphatic heterocycles. The number of nitrogens with one attached hydrogen (secondary N) is 1. The number of benzene rings is 3. The van der Waals surface area contributed by atoms with Crippen LogP contribution in [-0.4, -0.2) is 24.8 Å². The predicted molar refractivity (Wildman–Crippen MR) is 139 cm³/mol. The minimum atomic E-state index is -2.00. The molecule has 5 rings (SSSR count). The van der Waals surface area contributed by atoms with E-state index in [0.29, 0.717) is 34.6 Å². The van der Waals surface area contributed by atoms with Crippen molar-refractivity contribution in [1.82, 2.24) is 10.1 Å².